The third-order valence-electron chi connectivity index (χ3n) is 25.7. The number of hydrogen-bond acceptors (Lipinski definition) is 28. The highest BCUT2D eigenvalue weighted by Gasteiger charge is 2.28. The number of likely N-dealkylation sites (N-methyl/N-ethyl adjacent to an activating group) is 3. The predicted octanol–water partition coefficient (Wildman–Crippen LogP) is 16.4. The topological polar surface area (TPSA) is 305 Å². The number of nitrogens with one attached hydrogen (secondary N) is 3. The molecule has 5 saturated heterocycles. The molecule has 5 aliphatic heterocycles. The lowest BCUT2D eigenvalue weighted by molar-refractivity contribution is 0.360. The molecule has 34 heteroatoms. The summed E-state index contributed by atoms with van der Waals surface area (Å²) in [5.74, 6) is 0.551. The van der Waals surface area contributed by atoms with Crippen LogP contribution in [0.2, 0.25) is 10.2 Å². The average molecular weight is 1900 g/mol. The van der Waals surface area contributed by atoms with Crippen molar-refractivity contribution < 1.29 is 22.1 Å². The zero-order chi connectivity index (χ0) is 93.7. The van der Waals surface area contributed by atoms with Crippen molar-refractivity contribution in [3.05, 3.63) is 286 Å². The Labute approximate surface area is 797 Å². The number of anilines is 5. The first kappa shape index (κ1) is 90.2. The fourth-order valence-electron chi connectivity index (χ4n) is 18.5. The van der Waals surface area contributed by atoms with Gasteiger partial charge in [0, 0.05) is 274 Å². The van der Waals surface area contributed by atoms with Gasteiger partial charge in [-0.25, -0.2) is 53.9 Å². The fourth-order valence-corrected chi connectivity index (χ4v) is 20.6. The second-order valence-corrected chi connectivity index (χ2v) is 38.0. The molecule has 19 aromatic rings. The molecule has 0 spiro atoms. The summed E-state index contributed by atoms with van der Waals surface area (Å²) in [5, 5.41) is 19.7. The molecule has 4 atom stereocenters. The number of pyridine rings is 2. The Balaban J connectivity index is 0.000000105. The summed E-state index contributed by atoms with van der Waals surface area (Å²) in [6.45, 7) is 25.4. The molecule has 24 rings (SSSR count). The molecule has 0 amide bonds. The number of nitrogens with zero attached hydrogens (tertiary/aromatic N) is 17. The number of halogens is 2. The Bertz CT molecular complexity index is 8000. The molecule has 0 bridgehead atoms. The third kappa shape index (κ3) is 19.3. The molecule has 1 unspecified atom stereocenters. The SMILES string of the molecule is CN1CCC(N(C)c2ccc3cc(-c4cn5cccnc5n4)c(=O)oc3c2)C1.C[C@@H]1CN(c2ccc3cc(-c4cn5cccc(Cl)c5n4)c(=O)oc3c2)CCN1.Cc1csc2nc(-c3cc4ccc(N5CCCN(C)CC5)cc4oc3=O)cn12.Cc1csc2nc(-c3cc4ccc(N5C[C@@H](C)N[C@@H](C)C5)cc4oc3=O)cn12.O=c1oc2cc(N3CCNCC3)ccc2cc1-c1ccnc(Cl)c1. The molecule has 30 nitrogen and oxygen atoms in total. The number of piperazine rings is 3. The molecule has 136 heavy (non-hydrogen) atoms. The molecular weight excluding hydrogens is 1800 g/mol. The maximum Gasteiger partial charge on any atom is 0.345 e. The highest BCUT2D eigenvalue weighted by atomic mass is 35.5. The van der Waals surface area contributed by atoms with Gasteiger partial charge in [-0.15, -0.1) is 22.7 Å². The van der Waals surface area contributed by atoms with E-state index in [1.54, 1.807) is 74.5 Å². The number of imidazole rings is 4. The van der Waals surface area contributed by atoms with E-state index in [0.29, 0.717) is 130 Å². The van der Waals surface area contributed by atoms with Crippen molar-refractivity contribution in [1.82, 2.24) is 73.3 Å². The van der Waals surface area contributed by atoms with Crippen molar-refractivity contribution >= 4 is 151 Å². The summed E-state index contributed by atoms with van der Waals surface area (Å²) in [5.41, 5.74) is 14.8. The minimum Gasteiger partial charge on any atom is -0.422 e. The van der Waals surface area contributed by atoms with Crippen LogP contribution < -0.4 is 68.6 Å². The molecule has 5 aromatic carbocycles. The van der Waals surface area contributed by atoms with E-state index >= 15 is 0 Å². The Morgan fingerprint density at radius 3 is 1.45 bits per heavy atom. The van der Waals surface area contributed by atoms with Crippen molar-refractivity contribution in [3.63, 3.8) is 0 Å². The molecule has 0 radical (unpaired) electrons. The largest absolute Gasteiger partial charge is 0.422 e. The smallest absolute Gasteiger partial charge is 0.345 e. The summed E-state index contributed by atoms with van der Waals surface area (Å²) in [7, 11) is 6.40. The number of aromatic nitrogens is 10. The van der Waals surface area contributed by atoms with Gasteiger partial charge in [-0.05, 0) is 202 Å². The minimum atomic E-state index is -0.405. The van der Waals surface area contributed by atoms with Gasteiger partial charge >= 0.3 is 28.1 Å². The zero-order valence-corrected chi connectivity index (χ0v) is 79.4. The number of aryl methyl sites for hydroxylation is 2. The van der Waals surface area contributed by atoms with Crippen LogP contribution in [0.3, 0.4) is 0 Å². The molecule has 3 N–H and O–H groups in total. The van der Waals surface area contributed by atoms with E-state index in [1.807, 2.05) is 156 Å². The molecule has 0 aliphatic carbocycles. The second-order valence-electron chi connectivity index (χ2n) is 35.6. The van der Waals surface area contributed by atoms with E-state index in [4.69, 9.17) is 45.3 Å². The molecule has 0 saturated carbocycles. The first-order chi connectivity index (χ1) is 65.9. The van der Waals surface area contributed by atoms with Crippen molar-refractivity contribution in [2.24, 2.45) is 0 Å². The average Bonchev–Trinajstić information content (AvgIpc) is 1.55. The zero-order valence-electron chi connectivity index (χ0n) is 76.3. The second kappa shape index (κ2) is 38.6. The van der Waals surface area contributed by atoms with Gasteiger partial charge in [0.05, 0.1) is 55.6 Å². The van der Waals surface area contributed by atoms with Crippen LogP contribution in [-0.2, 0) is 0 Å². The predicted molar refractivity (Wildman–Crippen MR) is 543 cm³/mol. The highest BCUT2D eigenvalue weighted by Crippen LogP contribution is 2.35. The van der Waals surface area contributed by atoms with Gasteiger partial charge in [-0.3, -0.25) is 13.2 Å². The number of hydrogen-bond donors (Lipinski definition) is 3. The fraction of sp³-hybridized carbons (Fsp3) is 0.284. The maximum absolute atomic E-state index is 12.7. The summed E-state index contributed by atoms with van der Waals surface area (Å²) in [4.78, 5) is 107. The van der Waals surface area contributed by atoms with E-state index in [-0.39, 0.29) is 16.9 Å². The van der Waals surface area contributed by atoms with E-state index in [9.17, 15) is 24.0 Å². The first-order valence-electron chi connectivity index (χ1n) is 45.6. The van der Waals surface area contributed by atoms with Crippen molar-refractivity contribution in [3.8, 4) is 56.2 Å². The van der Waals surface area contributed by atoms with Gasteiger partial charge in [0.25, 0.3) is 0 Å². The van der Waals surface area contributed by atoms with Crippen molar-refractivity contribution in [1.29, 1.82) is 0 Å². The standard InChI is InChI=1S/C21H19ClN4O2.C21H21N5O2.2C21H22N4O2S.C18H16ClN3O2/c1-13-11-25(8-6-23-13)15-5-4-14-9-16(21(27)28-19(14)10-15)18-12-26-7-2-3-17(22)20(26)24-18;1-24-9-6-16(12-24)25(2)15-5-4-14-10-17(20(27)28-19(14)11-15)18-13-26-8-3-7-22-21(26)23-18;1-12-8-24(9-13(2)22-12)16-5-4-15-6-17(20(26)27-19(15)7-16)18-10-25-14(3)11-28-21(25)23-18;1-14-13-28-21-22-18(12-25(14)21)17-10-15-4-5-16(11-19(15)27-20(17)26)24-7-3-6-23(2)8-9-24;19-17-10-12(3-4-21-17)15-9-13-1-2-14(11-16(13)24-18(15)23)22-7-5-20-6-8-22/h2-5,7,9-10,12-13,23H,6,8,11H2,1H3;3-5,7-8,10-11,13,16H,6,9,12H2,1-2H3;4-7,10-13,22H,8-9H2,1-3H3;4-5,10-13H,3,6-9H2,1-2H3;1-4,9-11,20H,5-8H2/t13-;;12-,13+;;/m1..../s1. The number of thiazole rings is 2. The van der Waals surface area contributed by atoms with Crippen molar-refractivity contribution in [2.45, 2.75) is 71.6 Å². The van der Waals surface area contributed by atoms with E-state index < -0.39 is 11.3 Å². The Morgan fingerprint density at radius 2 is 0.919 bits per heavy atom. The molecule has 5 fully saturated rings. The molecular formula is C102H100Cl2N20O10S2. The van der Waals surface area contributed by atoms with Crippen molar-refractivity contribution in [2.75, 3.05) is 144 Å². The van der Waals surface area contributed by atoms with Gasteiger partial charge in [-0.1, -0.05) is 23.2 Å². The lowest BCUT2D eigenvalue weighted by Crippen LogP contribution is -2.54. The van der Waals surface area contributed by atoms with Gasteiger partial charge < -0.3 is 76.7 Å². The third-order valence-corrected chi connectivity index (χ3v) is 28.1. The number of benzene rings is 5. The summed E-state index contributed by atoms with van der Waals surface area (Å²) in [6.07, 6.45) is 16.6. The van der Waals surface area contributed by atoms with Crippen LogP contribution in [-0.4, -0.2) is 201 Å². The van der Waals surface area contributed by atoms with Crippen LogP contribution >= 0.6 is 45.9 Å². The Morgan fingerprint density at radius 1 is 0.434 bits per heavy atom. The van der Waals surface area contributed by atoms with Crippen LogP contribution in [0.1, 0.15) is 45.0 Å². The number of rotatable bonds is 11. The maximum atomic E-state index is 12.7. The minimum absolute atomic E-state index is 0.344. The highest BCUT2D eigenvalue weighted by molar-refractivity contribution is 7.15. The van der Waals surface area contributed by atoms with Crippen LogP contribution in [0.5, 0.6) is 0 Å². The van der Waals surface area contributed by atoms with E-state index in [1.165, 1.54) is 0 Å². The normalized spacial score (nSPS) is 17.4. The summed E-state index contributed by atoms with van der Waals surface area (Å²) < 4.78 is 35.8. The molecule has 5 aliphatic rings. The van der Waals surface area contributed by atoms with Gasteiger partial charge in [0.2, 0.25) is 5.78 Å². The first-order valence-corrected chi connectivity index (χ1v) is 48.1. The van der Waals surface area contributed by atoms with Crippen LogP contribution in [0.15, 0.2) is 258 Å². The van der Waals surface area contributed by atoms with Gasteiger partial charge in [0.15, 0.2) is 15.6 Å². The summed E-state index contributed by atoms with van der Waals surface area (Å²) >= 11 is 15.3. The molecule has 19 heterocycles. The van der Waals surface area contributed by atoms with Gasteiger partial charge in [0.1, 0.15) is 33.1 Å². The lowest BCUT2D eigenvalue weighted by atomic mass is 10.1. The Kier molecular flexibility index (Phi) is 25.6. The van der Waals surface area contributed by atoms with Crippen LogP contribution in [0.25, 0.3) is 132 Å². The van der Waals surface area contributed by atoms with Crippen LogP contribution in [0, 0.1) is 13.8 Å². The molecule has 14 aromatic heterocycles. The van der Waals surface area contributed by atoms with E-state index in [0.717, 1.165) is 188 Å². The van der Waals surface area contributed by atoms with Gasteiger partial charge in [-0.2, -0.15) is 0 Å². The number of fused-ring (bicyclic) bond motifs is 9. The van der Waals surface area contributed by atoms with E-state index in [2.05, 4.69) is 158 Å². The summed E-state index contributed by atoms with van der Waals surface area (Å²) in [6, 6.07) is 50.2. The Hall–Kier alpha value is -13.7. The monoisotopic (exact) mass is 1900 g/mol. The molecule has 694 valence electrons. The quantitative estimate of drug-likeness (QED) is 0.0800. The van der Waals surface area contributed by atoms with Crippen LogP contribution in [0.4, 0.5) is 28.4 Å². The lowest BCUT2D eigenvalue weighted by Gasteiger charge is -2.37. The number of likely N-dealkylation sites (tertiary alicyclic amines) is 1.